The van der Waals surface area contributed by atoms with E-state index in [1.54, 1.807) is 24.3 Å². The van der Waals surface area contributed by atoms with Crippen molar-refractivity contribution in [2.24, 2.45) is 0 Å². The third-order valence-corrected chi connectivity index (χ3v) is 2.56. The highest BCUT2D eigenvalue weighted by Gasteiger charge is 2.33. The van der Waals surface area contributed by atoms with Gasteiger partial charge in [0, 0.05) is 6.07 Å². The quantitative estimate of drug-likeness (QED) is 0.940. The van der Waals surface area contributed by atoms with Gasteiger partial charge in [-0.3, -0.25) is 0 Å². The smallest absolute Gasteiger partial charge is 0.433 e. The molecule has 0 unspecified atom stereocenters. The summed E-state index contributed by atoms with van der Waals surface area (Å²) < 4.78 is 47.9. The number of alkyl halides is 3. The Morgan fingerprint density at radius 1 is 1.14 bits per heavy atom. The highest BCUT2D eigenvalue weighted by molar-refractivity contribution is 5.29. The second kappa shape index (κ2) is 5.86. The first-order valence-corrected chi connectivity index (χ1v) is 5.86. The standard InChI is InChI=1S/C13H12F3N3O2/c1-20-9-4-2-8(3-5-9)7-21-11-6-10(13(14,15)16)18-12(17)19-11/h2-6H,7H2,1H3,(H2,17,18,19). The summed E-state index contributed by atoms with van der Waals surface area (Å²) in [7, 11) is 1.54. The Labute approximate surface area is 118 Å². The van der Waals surface area contributed by atoms with E-state index < -0.39 is 17.8 Å². The first-order valence-electron chi connectivity index (χ1n) is 5.86. The maximum absolute atomic E-state index is 12.6. The first kappa shape index (κ1) is 14.9. The van der Waals surface area contributed by atoms with Crippen LogP contribution in [-0.2, 0) is 12.8 Å². The lowest BCUT2D eigenvalue weighted by Gasteiger charge is -2.10. The Bertz CT molecular complexity index is 615. The predicted molar refractivity (Wildman–Crippen MR) is 68.8 cm³/mol. The van der Waals surface area contributed by atoms with Gasteiger partial charge in [0.2, 0.25) is 11.8 Å². The van der Waals surface area contributed by atoms with Gasteiger partial charge >= 0.3 is 6.18 Å². The summed E-state index contributed by atoms with van der Waals surface area (Å²) in [5, 5.41) is 0. The zero-order valence-corrected chi connectivity index (χ0v) is 11.0. The van der Waals surface area contributed by atoms with Gasteiger partial charge in [-0.2, -0.15) is 18.2 Å². The van der Waals surface area contributed by atoms with Crippen LogP contribution in [0.4, 0.5) is 19.1 Å². The molecule has 5 nitrogen and oxygen atoms in total. The number of nitrogens with zero attached hydrogens (tertiary/aromatic N) is 2. The fourth-order valence-electron chi connectivity index (χ4n) is 1.54. The summed E-state index contributed by atoms with van der Waals surface area (Å²) in [6.45, 7) is 0.0533. The number of hydrogen-bond acceptors (Lipinski definition) is 5. The highest BCUT2D eigenvalue weighted by Crippen LogP contribution is 2.29. The van der Waals surface area contributed by atoms with Gasteiger partial charge in [-0.25, -0.2) is 4.98 Å². The van der Waals surface area contributed by atoms with E-state index in [1.807, 2.05) is 0 Å². The minimum atomic E-state index is -4.60. The van der Waals surface area contributed by atoms with Crippen LogP contribution in [-0.4, -0.2) is 17.1 Å². The molecule has 0 radical (unpaired) electrons. The summed E-state index contributed by atoms with van der Waals surface area (Å²) in [5.74, 6) is -0.0513. The number of nitrogens with two attached hydrogens (primary N) is 1. The maximum atomic E-state index is 12.6. The van der Waals surface area contributed by atoms with E-state index in [9.17, 15) is 13.2 Å². The average molecular weight is 299 g/mol. The molecule has 2 aromatic rings. The van der Waals surface area contributed by atoms with Crippen LogP contribution in [0.15, 0.2) is 30.3 Å². The molecule has 2 rings (SSSR count). The van der Waals surface area contributed by atoms with E-state index in [-0.39, 0.29) is 12.5 Å². The Morgan fingerprint density at radius 3 is 2.38 bits per heavy atom. The van der Waals surface area contributed by atoms with Gasteiger partial charge in [0.1, 0.15) is 12.4 Å². The van der Waals surface area contributed by atoms with E-state index in [4.69, 9.17) is 15.2 Å². The number of rotatable bonds is 4. The molecule has 21 heavy (non-hydrogen) atoms. The third kappa shape index (κ3) is 3.98. The SMILES string of the molecule is COc1ccc(COc2cc(C(F)(F)F)nc(N)n2)cc1. The Hall–Kier alpha value is -2.51. The fourth-order valence-corrected chi connectivity index (χ4v) is 1.54. The first-order chi connectivity index (χ1) is 9.88. The Balaban J connectivity index is 2.10. The van der Waals surface area contributed by atoms with Gasteiger partial charge in [0.25, 0.3) is 0 Å². The molecule has 1 heterocycles. The van der Waals surface area contributed by atoms with Crippen LogP contribution in [0.25, 0.3) is 0 Å². The van der Waals surface area contributed by atoms with Crippen molar-refractivity contribution in [2.45, 2.75) is 12.8 Å². The molecule has 0 aliphatic carbocycles. The zero-order chi connectivity index (χ0) is 15.5. The second-order valence-corrected chi connectivity index (χ2v) is 4.08. The highest BCUT2D eigenvalue weighted by atomic mass is 19.4. The molecule has 2 N–H and O–H groups in total. The summed E-state index contributed by atoms with van der Waals surface area (Å²) in [6, 6.07) is 7.60. The number of hydrogen-bond donors (Lipinski definition) is 1. The van der Waals surface area contributed by atoms with E-state index in [0.717, 1.165) is 5.56 Å². The minimum absolute atomic E-state index is 0.0533. The van der Waals surface area contributed by atoms with Crippen LogP contribution in [0, 0.1) is 0 Å². The number of anilines is 1. The molecule has 0 bridgehead atoms. The monoisotopic (exact) mass is 299 g/mol. The van der Waals surface area contributed by atoms with Crippen LogP contribution >= 0.6 is 0 Å². The van der Waals surface area contributed by atoms with E-state index in [2.05, 4.69) is 9.97 Å². The van der Waals surface area contributed by atoms with Crippen molar-refractivity contribution in [1.29, 1.82) is 0 Å². The molecule has 0 spiro atoms. The second-order valence-electron chi connectivity index (χ2n) is 4.08. The summed E-state index contributed by atoms with van der Waals surface area (Å²) in [4.78, 5) is 6.74. The Kier molecular flexibility index (Phi) is 4.15. The van der Waals surface area contributed by atoms with Crippen molar-refractivity contribution in [2.75, 3.05) is 12.8 Å². The van der Waals surface area contributed by atoms with Gasteiger partial charge in [-0.15, -0.1) is 0 Å². The minimum Gasteiger partial charge on any atom is -0.497 e. The topological polar surface area (TPSA) is 70.3 Å². The number of methoxy groups -OCH3 is 1. The molecule has 0 saturated heterocycles. The van der Waals surface area contributed by atoms with Crippen LogP contribution < -0.4 is 15.2 Å². The maximum Gasteiger partial charge on any atom is 0.433 e. The molecule has 0 saturated carbocycles. The van der Waals surface area contributed by atoms with Crippen molar-refractivity contribution in [3.63, 3.8) is 0 Å². The van der Waals surface area contributed by atoms with E-state index >= 15 is 0 Å². The molecule has 0 fully saturated rings. The molecule has 1 aromatic carbocycles. The van der Waals surface area contributed by atoms with Crippen LogP contribution in [0.1, 0.15) is 11.3 Å². The number of halogens is 3. The number of aromatic nitrogens is 2. The van der Waals surface area contributed by atoms with Gasteiger partial charge in [-0.1, -0.05) is 12.1 Å². The molecular formula is C13H12F3N3O2. The summed E-state index contributed by atoms with van der Waals surface area (Å²) >= 11 is 0. The third-order valence-electron chi connectivity index (χ3n) is 2.56. The molecule has 0 amide bonds. The molecular weight excluding hydrogens is 287 g/mol. The number of benzene rings is 1. The van der Waals surface area contributed by atoms with Crippen LogP contribution in [0.5, 0.6) is 11.6 Å². The summed E-state index contributed by atoms with van der Waals surface area (Å²) in [5.41, 5.74) is 4.86. The summed E-state index contributed by atoms with van der Waals surface area (Å²) in [6.07, 6.45) is -4.60. The number of nitrogen functional groups attached to an aromatic ring is 1. The van der Waals surface area contributed by atoms with E-state index in [1.165, 1.54) is 7.11 Å². The molecule has 0 atom stereocenters. The van der Waals surface area contributed by atoms with Crippen molar-refractivity contribution < 1.29 is 22.6 Å². The van der Waals surface area contributed by atoms with Crippen LogP contribution in [0.3, 0.4) is 0 Å². The van der Waals surface area contributed by atoms with Crippen LogP contribution in [0.2, 0.25) is 0 Å². The lowest BCUT2D eigenvalue weighted by molar-refractivity contribution is -0.141. The average Bonchev–Trinajstić information content (AvgIpc) is 2.44. The number of ether oxygens (including phenoxy) is 2. The van der Waals surface area contributed by atoms with Crippen molar-refractivity contribution in [1.82, 2.24) is 9.97 Å². The molecule has 8 heteroatoms. The molecule has 112 valence electrons. The Morgan fingerprint density at radius 2 is 1.81 bits per heavy atom. The molecule has 1 aromatic heterocycles. The predicted octanol–water partition coefficient (Wildman–Crippen LogP) is 2.67. The van der Waals surface area contributed by atoms with Gasteiger partial charge < -0.3 is 15.2 Å². The van der Waals surface area contributed by atoms with Gasteiger partial charge in [0.05, 0.1) is 7.11 Å². The molecule has 0 aliphatic heterocycles. The lowest BCUT2D eigenvalue weighted by Crippen LogP contribution is -2.11. The molecule has 0 aliphatic rings. The van der Waals surface area contributed by atoms with Crippen molar-refractivity contribution in [3.8, 4) is 11.6 Å². The fraction of sp³-hybridized carbons (Fsp3) is 0.231. The largest absolute Gasteiger partial charge is 0.497 e. The van der Waals surface area contributed by atoms with E-state index in [0.29, 0.717) is 11.8 Å². The zero-order valence-electron chi connectivity index (χ0n) is 11.0. The van der Waals surface area contributed by atoms with Gasteiger partial charge in [-0.05, 0) is 17.7 Å². The lowest BCUT2D eigenvalue weighted by atomic mass is 10.2. The van der Waals surface area contributed by atoms with Crippen molar-refractivity contribution in [3.05, 3.63) is 41.6 Å². The van der Waals surface area contributed by atoms with Crippen molar-refractivity contribution >= 4 is 5.95 Å². The normalized spacial score (nSPS) is 11.2. The van der Waals surface area contributed by atoms with Gasteiger partial charge in [0.15, 0.2) is 5.69 Å².